The van der Waals surface area contributed by atoms with Gasteiger partial charge < -0.3 is 64.2 Å². The molecule has 360 valence electrons. The molecule has 2 aliphatic heterocycles. The van der Waals surface area contributed by atoms with E-state index in [9.17, 15) is 45.3 Å². The van der Waals surface area contributed by atoms with E-state index < -0.39 is 99.3 Å². The molecule has 0 aromatic heterocycles. The molecular formula is C47H82O15. The van der Waals surface area contributed by atoms with Gasteiger partial charge in [-0.2, -0.15) is 0 Å². The van der Waals surface area contributed by atoms with Crippen molar-refractivity contribution in [1.82, 2.24) is 0 Å². The number of carbonyl (C=O) groups excluding carboxylic acids is 2. The Labute approximate surface area is 370 Å². The number of hydrogen-bond donors (Lipinski definition) is 7. The number of unbranched alkanes of at least 4 members (excludes halogenated alkanes) is 15. The minimum atomic E-state index is -1.77. The van der Waals surface area contributed by atoms with Gasteiger partial charge in [-0.15, -0.1) is 0 Å². The average molecular weight is 887 g/mol. The van der Waals surface area contributed by atoms with Crippen molar-refractivity contribution in [1.29, 1.82) is 0 Å². The number of rotatable bonds is 35. The van der Waals surface area contributed by atoms with Crippen molar-refractivity contribution in [2.75, 3.05) is 26.4 Å². The van der Waals surface area contributed by atoms with Crippen LogP contribution in [0.5, 0.6) is 0 Å². The Balaban J connectivity index is 1.86. The summed E-state index contributed by atoms with van der Waals surface area (Å²) < 4.78 is 33.4. The molecule has 2 aliphatic rings. The number of aliphatic hydroxyl groups is 7. The second kappa shape index (κ2) is 35.0. The third-order valence-electron chi connectivity index (χ3n) is 11.1. The second-order valence-electron chi connectivity index (χ2n) is 16.6. The van der Waals surface area contributed by atoms with Gasteiger partial charge in [-0.1, -0.05) is 127 Å². The first kappa shape index (κ1) is 55.9. The number of ether oxygens (including phenoxy) is 6. The fraction of sp³-hybridized carbons (Fsp3) is 0.830. The van der Waals surface area contributed by atoms with Gasteiger partial charge in [0.15, 0.2) is 18.7 Å². The Kier molecular flexibility index (Phi) is 31.6. The zero-order chi connectivity index (χ0) is 45.4. The highest BCUT2D eigenvalue weighted by atomic mass is 16.7. The van der Waals surface area contributed by atoms with Crippen LogP contribution in [0.1, 0.15) is 155 Å². The maximum absolute atomic E-state index is 12.9. The Hall–Kier alpha value is -2.28. The molecule has 2 heterocycles. The molecule has 15 heteroatoms. The van der Waals surface area contributed by atoms with Gasteiger partial charge in [-0.3, -0.25) is 9.59 Å². The molecule has 0 aromatic rings. The Bertz CT molecular complexity index is 1230. The van der Waals surface area contributed by atoms with E-state index in [-0.39, 0.29) is 19.4 Å². The van der Waals surface area contributed by atoms with Crippen LogP contribution in [-0.4, -0.2) is 142 Å². The molecule has 15 nitrogen and oxygen atoms in total. The van der Waals surface area contributed by atoms with Gasteiger partial charge in [-0.05, 0) is 51.4 Å². The van der Waals surface area contributed by atoms with Gasteiger partial charge in [-0.25, -0.2) is 0 Å². The maximum Gasteiger partial charge on any atom is 0.306 e. The van der Waals surface area contributed by atoms with E-state index >= 15 is 0 Å². The normalized spacial score (nSPS) is 27.4. The summed E-state index contributed by atoms with van der Waals surface area (Å²) in [6, 6.07) is 0. The molecule has 11 atom stereocenters. The molecule has 2 saturated heterocycles. The summed E-state index contributed by atoms with van der Waals surface area (Å²) in [6.07, 6.45) is 17.6. The smallest absolute Gasteiger partial charge is 0.306 e. The zero-order valence-corrected chi connectivity index (χ0v) is 37.6. The molecule has 0 radical (unpaired) electrons. The van der Waals surface area contributed by atoms with Crippen molar-refractivity contribution in [2.45, 2.75) is 223 Å². The van der Waals surface area contributed by atoms with Crippen LogP contribution >= 0.6 is 0 Å². The number of aliphatic hydroxyl groups excluding tert-OH is 7. The first-order valence-electron chi connectivity index (χ1n) is 23.6. The van der Waals surface area contributed by atoms with Crippen molar-refractivity contribution < 1.29 is 73.8 Å². The predicted octanol–water partition coefficient (Wildman–Crippen LogP) is 5.37. The van der Waals surface area contributed by atoms with E-state index in [1.165, 1.54) is 64.2 Å². The molecule has 0 bridgehead atoms. The predicted molar refractivity (Wildman–Crippen MR) is 234 cm³/mol. The molecular weight excluding hydrogens is 805 g/mol. The lowest BCUT2D eigenvalue weighted by Crippen LogP contribution is -2.61. The van der Waals surface area contributed by atoms with Crippen LogP contribution in [0.15, 0.2) is 36.5 Å². The summed E-state index contributed by atoms with van der Waals surface area (Å²) in [5.74, 6) is -0.971. The summed E-state index contributed by atoms with van der Waals surface area (Å²) >= 11 is 0. The van der Waals surface area contributed by atoms with Crippen molar-refractivity contribution in [3.63, 3.8) is 0 Å². The van der Waals surface area contributed by atoms with Crippen LogP contribution in [0.25, 0.3) is 0 Å². The van der Waals surface area contributed by atoms with Crippen LogP contribution < -0.4 is 0 Å². The van der Waals surface area contributed by atoms with E-state index in [1.54, 1.807) is 0 Å². The van der Waals surface area contributed by atoms with Crippen LogP contribution in [0.2, 0.25) is 0 Å². The summed E-state index contributed by atoms with van der Waals surface area (Å²) in [4.78, 5) is 25.6. The van der Waals surface area contributed by atoms with E-state index in [2.05, 4.69) is 50.3 Å². The van der Waals surface area contributed by atoms with Crippen molar-refractivity contribution in [3.8, 4) is 0 Å². The first-order chi connectivity index (χ1) is 30.0. The van der Waals surface area contributed by atoms with E-state index in [0.717, 1.165) is 51.4 Å². The Morgan fingerprint density at radius 2 is 0.968 bits per heavy atom. The fourth-order valence-corrected chi connectivity index (χ4v) is 7.16. The third-order valence-corrected chi connectivity index (χ3v) is 11.1. The number of esters is 2. The van der Waals surface area contributed by atoms with Crippen LogP contribution in [0.4, 0.5) is 0 Å². The van der Waals surface area contributed by atoms with Gasteiger partial charge in [0, 0.05) is 12.8 Å². The van der Waals surface area contributed by atoms with Crippen LogP contribution in [-0.2, 0) is 38.0 Å². The standard InChI is InChI=1S/C47H82O15/c1-3-5-7-9-11-13-15-16-17-18-20-21-23-25-27-29-38(49)57-32-35(60-39(50)30-28-26-24-22-19-14-12-10-8-6-4-2)33-58-46-45(56)43(54)41(52)37(62-46)34-59-47-44(55)42(53)40(51)36(31-48)61-47/h11,13,16-17,20-21,35-37,40-48,51-56H,3-10,12,14-15,18-19,22-34H2,1-2H3/b13-11+,17-16+,21-20+/t35-,36-,37-,40+,41+,42?,43?,44?,45?,46-,47-/m1/s1. The van der Waals surface area contributed by atoms with E-state index in [1.807, 2.05) is 0 Å². The molecule has 4 unspecified atom stereocenters. The van der Waals surface area contributed by atoms with Crippen LogP contribution in [0.3, 0.4) is 0 Å². The van der Waals surface area contributed by atoms with E-state index in [4.69, 9.17) is 28.4 Å². The Morgan fingerprint density at radius 3 is 1.55 bits per heavy atom. The highest BCUT2D eigenvalue weighted by Gasteiger charge is 2.47. The minimum Gasteiger partial charge on any atom is -0.462 e. The number of carbonyl (C=O) groups is 2. The lowest BCUT2D eigenvalue weighted by atomic mass is 9.98. The molecule has 2 rings (SSSR count). The van der Waals surface area contributed by atoms with Gasteiger partial charge >= 0.3 is 11.9 Å². The number of allylic oxidation sites excluding steroid dienone is 6. The molecule has 2 fully saturated rings. The zero-order valence-electron chi connectivity index (χ0n) is 37.6. The lowest BCUT2D eigenvalue weighted by Gasteiger charge is -2.42. The summed E-state index contributed by atoms with van der Waals surface area (Å²) in [6.45, 7) is 2.49. The fourth-order valence-electron chi connectivity index (χ4n) is 7.16. The minimum absolute atomic E-state index is 0.159. The molecule has 0 spiro atoms. The lowest BCUT2D eigenvalue weighted by molar-refractivity contribution is -0.332. The molecule has 7 N–H and O–H groups in total. The van der Waals surface area contributed by atoms with Gasteiger partial charge in [0.1, 0.15) is 55.4 Å². The van der Waals surface area contributed by atoms with E-state index in [0.29, 0.717) is 12.8 Å². The van der Waals surface area contributed by atoms with Crippen molar-refractivity contribution in [3.05, 3.63) is 36.5 Å². The quantitative estimate of drug-likeness (QED) is 0.0241. The molecule has 0 saturated carbocycles. The largest absolute Gasteiger partial charge is 0.462 e. The molecule has 62 heavy (non-hydrogen) atoms. The SMILES string of the molecule is CCCCC/C=C/C/C=C/C/C=C/CCCCC(=O)OC[C@H](CO[C@@H]1O[C@H](CO[C@@H]2O[C@H](CO)[C@H](O)C(O)C2O)[C@H](O)C(O)C1O)OC(=O)CCCCCCCCCCCCC. The first-order valence-corrected chi connectivity index (χ1v) is 23.6. The monoisotopic (exact) mass is 887 g/mol. The molecule has 0 aromatic carbocycles. The Morgan fingerprint density at radius 1 is 0.516 bits per heavy atom. The van der Waals surface area contributed by atoms with Gasteiger partial charge in [0.2, 0.25) is 0 Å². The summed E-state index contributed by atoms with van der Waals surface area (Å²) in [5.41, 5.74) is 0. The summed E-state index contributed by atoms with van der Waals surface area (Å²) in [7, 11) is 0. The van der Waals surface area contributed by atoms with Crippen molar-refractivity contribution in [2.24, 2.45) is 0 Å². The van der Waals surface area contributed by atoms with Gasteiger partial charge in [0.05, 0.1) is 19.8 Å². The van der Waals surface area contributed by atoms with Gasteiger partial charge in [0.25, 0.3) is 0 Å². The maximum atomic E-state index is 12.9. The van der Waals surface area contributed by atoms with Crippen molar-refractivity contribution >= 4 is 11.9 Å². The highest BCUT2D eigenvalue weighted by Crippen LogP contribution is 2.26. The summed E-state index contributed by atoms with van der Waals surface area (Å²) in [5, 5.41) is 71.9. The highest BCUT2D eigenvalue weighted by molar-refractivity contribution is 5.70. The number of hydrogen-bond acceptors (Lipinski definition) is 15. The topological polar surface area (TPSA) is 231 Å². The third kappa shape index (κ3) is 23.6. The molecule has 0 amide bonds. The average Bonchev–Trinajstić information content (AvgIpc) is 3.26. The molecule has 0 aliphatic carbocycles. The van der Waals surface area contributed by atoms with Crippen LogP contribution in [0, 0.1) is 0 Å². The second-order valence-corrected chi connectivity index (χ2v) is 16.6.